The van der Waals surface area contributed by atoms with Gasteiger partial charge < -0.3 is 10.7 Å². The molecular weight excluding hydrogens is 260 g/mol. The molecule has 1 heterocycles. The van der Waals surface area contributed by atoms with Gasteiger partial charge in [0.1, 0.15) is 5.82 Å². The number of nitrogens with zero attached hydrogens (tertiary/aromatic N) is 1. The van der Waals surface area contributed by atoms with Gasteiger partial charge in [-0.1, -0.05) is 20.8 Å². The highest BCUT2D eigenvalue weighted by Gasteiger charge is 2.19. The number of halogens is 2. The number of nitrogens with one attached hydrogen (secondary N) is 1. The van der Waals surface area contributed by atoms with Crippen molar-refractivity contribution in [2.75, 3.05) is 0 Å². The lowest BCUT2D eigenvalue weighted by Gasteiger charge is -2.21. The van der Waals surface area contributed by atoms with E-state index >= 15 is 0 Å². The molecule has 0 fully saturated rings. The normalized spacial score (nSPS) is 13.5. The van der Waals surface area contributed by atoms with E-state index in [9.17, 15) is 8.78 Å². The molecule has 0 radical (unpaired) electrons. The van der Waals surface area contributed by atoms with E-state index in [4.69, 9.17) is 5.73 Å². The van der Waals surface area contributed by atoms with E-state index in [2.05, 4.69) is 30.7 Å². The maximum Gasteiger partial charge on any atom is 0.159 e. The van der Waals surface area contributed by atoms with Crippen molar-refractivity contribution >= 4 is 0 Å². The van der Waals surface area contributed by atoms with E-state index in [1.165, 1.54) is 6.07 Å². The van der Waals surface area contributed by atoms with Crippen LogP contribution in [0.2, 0.25) is 0 Å². The molecule has 5 heteroatoms. The van der Waals surface area contributed by atoms with Crippen molar-refractivity contribution in [1.82, 2.24) is 9.97 Å². The Morgan fingerprint density at radius 2 is 1.95 bits per heavy atom. The molecule has 2 rings (SSSR count). The van der Waals surface area contributed by atoms with E-state index in [-0.39, 0.29) is 11.5 Å². The molecule has 1 unspecified atom stereocenters. The summed E-state index contributed by atoms with van der Waals surface area (Å²) in [5, 5.41) is 0. The summed E-state index contributed by atoms with van der Waals surface area (Å²) in [6, 6.07) is 3.53. The number of rotatable bonds is 3. The Hall–Kier alpha value is -1.75. The van der Waals surface area contributed by atoms with Crippen LogP contribution >= 0.6 is 0 Å². The number of aromatic amines is 1. The fraction of sp³-hybridized carbons (Fsp3) is 0.400. The molecule has 0 saturated heterocycles. The molecule has 3 N–H and O–H groups in total. The predicted octanol–water partition coefficient (Wildman–Crippen LogP) is 3.79. The first kappa shape index (κ1) is 14.7. The molecule has 20 heavy (non-hydrogen) atoms. The monoisotopic (exact) mass is 279 g/mol. The summed E-state index contributed by atoms with van der Waals surface area (Å²) in [5.41, 5.74) is 7.37. The van der Waals surface area contributed by atoms with E-state index in [1.807, 2.05) is 0 Å². The van der Waals surface area contributed by atoms with Crippen LogP contribution in [-0.4, -0.2) is 9.97 Å². The van der Waals surface area contributed by atoms with Crippen LogP contribution in [0.15, 0.2) is 24.4 Å². The van der Waals surface area contributed by atoms with Crippen molar-refractivity contribution in [3.63, 3.8) is 0 Å². The van der Waals surface area contributed by atoms with Gasteiger partial charge in [0.05, 0.1) is 17.9 Å². The molecular formula is C15H19F2N3. The average molecular weight is 279 g/mol. The first-order valence-corrected chi connectivity index (χ1v) is 6.52. The molecule has 0 aliphatic carbocycles. The third-order valence-corrected chi connectivity index (χ3v) is 3.01. The van der Waals surface area contributed by atoms with Gasteiger partial charge in [0.25, 0.3) is 0 Å². The Balaban J connectivity index is 2.22. The van der Waals surface area contributed by atoms with Gasteiger partial charge >= 0.3 is 0 Å². The second-order valence-electron chi connectivity index (χ2n) is 6.18. The number of nitrogens with two attached hydrogens (primary N) is 1. The van der Waals surface area contributed by atoms with E-state index < -0.39 is 11.6 Å². The summed E-state index contributed by atoms with van der Waals surface area (Å²) in [5.74, 6) is -1.09. The number of hydrogen-bond donors (Lipinski definition) is 2. The van der Waals surface area contributed by atoms with E-state index in [0.717, 1.165) is 18.6 Å². The fourth-order valence-corrected chi connectivity index (χ4v) is 2.09. The summed E-state index contributed by atoms with van der Waals surface area (Å²) in [6.07, 6.45) is 2.36. The molecule has 0 bridgehead atoms. The number of H-pyrrole nitrogens is 1. The zero-order valence-electron chi connectivity index (χ0n) is 11.9. The molecule has 0 amide bonds. The van der Waals surface area contributed by atoms with Crippen molar-refractivity contribution in [2.45, 2.75) is 33.2 Å². The average Bonchev–Trinajstić information content (AvgIpc) is 2.80. The minimum absolute atomic E-state index is 0.0916. The fourth-order valence-electron chi connectivity index (χ4n) is 2.09. The smallest absolute Gasteiger partial charge is 0.159 e. The van der Waals surface area contributed by atoms with Gasteiger partial charge in [0, 0.05) is 5.56 Å². The molecule has 2 aromatic rings. The van der Waals surface area contributed by atoms with Crippen molar-refractivity contribution in [3.05, 3.63) is 41.9 Å². The first-order chi connectivity index (χ1) is 9.26. The third kappa shape index (κ3) is 3.42. The molecule has 0 aliphatic heterocycles. The lowest BCUT2D eigenvalue weighted by atomic mass is 9.88. The maximum absolute atomic E-state index is 13.2. The van der Waals surface area contributed by atoms with Gasteiger partial charge in [-0.25, -0.2) is 13.8 Å². The minimum Gasteiger partial charge on any atom is -0.341 e. The largest absolute Gasteiger partial charge is 0.341 e. The predicted molar refractivity (Wildman–Crippen MR) is 74.9 cm³/mol. The van der Waals surface area contributed by atoms with E-state index in [0.29, 0.717) is 17.1 Å². The van der Waals surface area contributed by atoms with Crippen LogP contribution in [0.4, 0.5) is 8.78 Å². The van der Waals surface area contributed by atoms with Gasteiger partial charge in [-0.05, 0) is 30.0 Å². The zero-order valence-corrected chi connectivity index (χ0v) is 11.9. The molecule has 1 aromatic carbocycles. The second kappa shape index (κ2) is 5.32. The number of imidazole rings is 1. The molecule has 1 aromatic heterocycles. The van der Waals surface area contributed by atoms with Crippen LogP contribution in [-0.2, 0) is 0 Å². The van der Waals surface area contributed by atoms with Crippen molar-refractivity contribution in [3.8, 4) is 11.3 Å². The standard InChI is InChI=1S/C15H19F2N3/c1-15(2,3)7-12(18)14-19-8-13(20-14)9-4-5-10(16)11(17)6-9/h4-6,8,12H,7,18H2,1-3H3,(H,19,20). The third-order valence-electron chi connectivity index (χ3n) is 3.01. The highest BCUT2D eigenvalue weighted by molar-refractivity contribution is 5.58. The van der Waals surface area contributed by atoms with Crippen molar-refractivity contribution in [1.29, 1.82) is 0 Å². The Morgan fingerprint density at radius 1 is 1.25 bits per heavy atom. The lowest BCUT2D eigenvalue weighted by Crippen LogP contribution is -2.19. The number of hydrogen-bond acceptors (Lipinski definition) is 2. The van der Waals surface area contributed by atoms with Gasteiger partial charge in [-0.2, -0.15) is 0 Å². The van der Waals surface area contributed by atoms with Crippen LogP contribution in [0.5, 0.6) is 0 Å². The second-order valence-corrected chi connectivity index (χ2v) is 6.18. The molecule has 0 aliphatic rings. The zero-order chi connectivity index (χ0) is 14.9. The molecule has 108 valence electrons. The van der Waals surface area contributed by atoms with Gasteiger partial charge in [-0.3, -0.25) is 0 Å². The Bertz CT molecular complexity index is 599. The molecule has 0 spiro atoms. The molecule has 3 nitrogen and oxygen atoms in total. The van der Waals surface area contributed by atoms with Crippen LogP contribution in [0.25, 0.3) is 11.3 Å². The highest BCUT2D eigenvalue weighted by atomic mass is 19.2. The quantitative estimate of drug-likeness (QED) is 0.898. The van der Waals surface area contributed by atoms with Crippen molar-refractivity contribution < 1.29 is 8.78 Å². The topological polar surface area (TPSA) is 54.7 Å². The first-order valence-electron chi connectivity index (χ1n) is 6.52. The maximum atomic E-state index is 13.2. The minimum atomic E-state index is -0.877. The molecule has 1 atom stereocenters. The summed E-state index contributed by atoms with van der Waals surface area (Å²) in [6.45, 7) is 6.31. The van der Waals surface area contributed by atoms with Crippen LogP contribution in [0.3, 0.4) is 0 Å². The number of benzene rings is 1. The highest BCUT2D eigenvalue weighted by Crippen LogP contribution is 2.28. The van der Waals surface area contributed by atoms with Crippen LogP contribution < -0.4 is 5.73 Å². The van der Waals surface area contributed by atoms with Gasteiger partial charge in [0.2, 0.25) is 0 Å². The summed E-state index contributed by atoms with van der Waals surface area (Å²) >= 11 is 0. The summed E-state index contributed by atoms with van der Waals surface area (Å²) in [7, 11) is 0. The van der Waals surface area contributed by atoms with E-state index in [1.54, 1.807) is 6.20 Å². The Labute approximate surface area is 117 Å². The Morgan fingerprint density at radius 3 is 2.55 bits per heavy atom. The van der Waals surface area contributed by atoms with Crippen LogP contribution in [0.1, 0.15) is 39.1 Å². The van der Waals surface area contributed by atoms with Gasteiger partial charge in [-0.15, -0.1) is 0 Å². The summed E-state index contributed by atoms with van der Waals surface area (Å²) < 4.78 is 26.1. The SMILES string of the molecule is CC(C)(C)CC(N)c1ncc(-c2ccc(F)c(F)c2)[nH]1. The van der Waals surface area contributed by atoms with Gasteiger partial charge in [0.15, 0.2) is 11.6 Å². The Kier molecular flexibility index (Phi) is 3.90. The molecule has 0 saturated carbocycles. The summed E-state index contributed by atoms with van der Waals surface area (Å²) in [4.78, 5) is 7.31. The van der Waals surface area contributed by atoms with Crippen LogP contribution in [0, 0.1) is 17.0 Å². The lowest BCUT2D eigenvalue weighted by molar-refractivity contribution is 0.337. The number of aromatic nitrogens is 2. The van der Waals surface area contributed by atoms with Crippen molar-refractivity contribution in [2.24, 2.45) is 11.1 Å².